The summed E-state index contributed by atoms with van der Waals surface area (Å²) in [6.45, 7) is -0.106. The van der Waals surface area contributed by atoms with Gasteiger partial charge in [0.05, 0.1) is 29.3 Å². The molecule has 204 valence electrons. The lowest BCUT2D eigenvalue weighted by molar-refractivity contribution is -0.172. The molecule has 0 aromatic heterocycles. The Morgan fingerprint density at radius 1 is 0.650 bits per heavy atom. The van der Waals surface area contributed by atoms with Crippen molar-refractivity contribution in [2.75, 3.05) is 13.6 Å². The molecule has 0 saturated carbocycles. The summed E-state index contributed by atoms with van der Waals surface area (Å²) in [5, 5.41) is 12.0. The maximum absolute atomic E-state index is 12.4. The molecule has 10 heteroatoms. The molecular weight excluding hydrogens is 518 g/mol. The number of carbonyl (C=O) groups excluding carboxylic acids is 3. The predicted octanol–water partition coefficient (Wildman–Crippen LogP) is 4.73. The molecule has 0 saturated heterocycles. The molecule has 10 nitrogen and oxygen atoms in total. The number of hydrogen-bond acceptors (Lipinski definition) is 10. The zero-order valence-electron chi connectivity index (χ0n) is 21.3. The third kappa shape index (κ3) is 7.67. The number of likely N-dealkylation sites (N-methyl/N-ethyl adjacent to an activating group) is 1. The molecule has 1 atom stereocenters. The average molecular weight is 544 g/mol. The molecule has 0 aliphatic carbocycles. The minimum atomic E-state index is -1.17. The fraction of sp³-hybridized carbons (Fsp3) is 0.100. The molecule has 4 aromatic rings. The van der Waals surface area contributed by atoms with E-state index in [4.69, 9.17) is 24.4 Å². The van der Waals surface area contributed by atoms with Gasteiger partial charge in [-0.1, -0.05) is 60.7 Å². The maximum atomic E-state index is 12.4. The number of aliphatic hydroxyl groups excluding tert-OH is 1. The van der Waals surface area contributed by atoms with Gasteiger partial charge in [0.1, 0.15) is 0 Å². The van der Waals surface area contributed by atoms with Crippen molar-refractivity contribution in [2.45, 2.75) is 6.10 Å². The van der Waals surface area contributed by atoms with Crippen LogP contribution in [0, 0.1) is 0 Å². The monoisotopic (exact) mass is 543 g/mol. The van der Waals surface area contributed by atoms with Crippen molar-refractivity contribution in [1.82, 2.24) is 5.06 Å². The van der Waals surface area contributed by atoms with E-state index in [0.717, 1.165) is 0 Å². The highest BCUT2D eigenvalue weighted by Crippen LogP contribution is 2.32. The summed E-state index contributed by atoms with van der Waals surface area (Å²) in [6.07, 6.45) is -1.17. The number of benzene rings is 4. The zero-order valence-corrected chi connectivity index (χ0v) is 21.3. The van der Waals surface area contributed by atoms with Crippen molar-refractivity contribution in [3.05, 3.63) is 131 Å². The van der Waals surface area contributed by atoms with E-state index < -0.39 is 24.0 Å². The Balaban J connectivity index is 1.46. The van der Waals surface area contributed by atoms with Gasteiger partial charge in [0.15, 0.2) is 0 Å². The van der Waals surface area contributed by atoms with Gasteiger partial charge in [0, 0.05) is 7.05 Å². The molecule has 0 unspecified atom stereocenters. The minimum Gasteiger partial charge on any atom is -0.387 e. The van der Waals surface area contributed by atoms with Gasteiger partial charge in [0.2, 0.25) is 11.5 Å². The Hall–Kier alpha value is -5.19. The molecular formula is C30H25NO9. The van der Waals surface area contributed by atoms with Gasteiger partial charge in [-0.2, -0.15) is 0 Å². The van der Waals surface area contributed by atoms with Crippen LogP contribution in [0.3, 0.4) is 0 Å². The first kappa shape index (κ1) is 27.8. The van der Waals surface area contributed by atoms with Crippen LogP contribution in [0.1, 0.15) is 42.7 Å². The Labute approximate surface area is 229 Å². The Bertz CT molecular complexity index is 1430. The molecule has 0 aliphatic heterocycles. The third-order valence-electron chi connectivity index (χ3n) is 5.46. The van der Waals surface area contributed by atoms with E-state index in [-0.39, 0.29) is 29.2 Å². The van der Waals surface area contributed by atoms with Gasteiger partial charge in [-0.05, 0) is 54.1 Å². The number of carbonyl (C=O) groups is 3. The fourth-order valence-electron chi connectivity index (χ4n) is 3.43. The fourth-order valence-corrected chi connectivity index (χ4v) is 3.43. The van der Waals surface area contributed by atoms with Gasteiger partial charge < -0.3 is 9.94 Å². The Morgan fingerprint density at radius 3 is 1.60 bits per heavy atom. The normalized spacial score (nSPS) is 11.3. The van der Waals surface area contributed by atoms with Crippen molar-refractivity contribution in [2.24, 2.45) is 0 Å². The summed E-state index contributed by atoms with van der Waals surface area (Å²) in [5.74, 6) is -2.41. The highest BCUT2D eigenvalue weighted by molar-refractivity contribution is 5.90. The van der Waals surface area contributed by atoms with Crippen LogP contribution in [0.5, 0.6) is 11.5 Å². The van der Waals surface area contributed by atoms with Crippen LogP contribution in [0.25, 0.3) is 0 Å². The van der Waals surface area contributed by atoms with E-state index >= 15 is 0 Å². The minimum absolute atomic E-state index is 0.106. The van der Waals surface area contributed by atoms with Crippen molar-refractivity contribution in [3.63, 3.8) is 0 Å². The second-order valence-corrected chi connectivity index (χ2v) is 8.42. The Morgan fingerprint density at radius 2 is 1.10 bits per heavy atom. The largest absolute Gasteiger partial charge is 0.387 e. The van der Waals surface area contributed by atoms with Gasteiger partial charge in [-0.15, -0.1) is 5.06 Å². The summed E-state index contributed by atoms with van der Waals surface area (Å²) < 4.78 is 0. The molecule has 0 heterocycles. The first-order chi connectivity index (χ1) is 19.4. The topological polar surface area (TPSA) is 121 Å². The smallest absolute Gasteiger partial charge is 0.386 e. The number of aliphatic hydroxyl groups is 1. The molecule has 0 radical (unpaired) electrons. The summed E-state index contributed by atoms with van der Waals surface area (Å²) >= 11 is 0. The molecule has 4 rings (SSSR count). The van der Waals surface area contributed by atoms with E-state index in [9.17, 15) is 19.5 Å². The predicted molar refractivity (Wildman–Crippen MR) is 141 cm³/mol. The summed E-state index contributed by atoms with van der Waals surface area (Å²) in [6, 6.07) is 28.9. The molecule has 0 bridgehead atoms. The van der Waals surface area contributed by atoms with Crippen molar-refractivity contribution in [3.8, 4) is 11.5 Å². The lowest BCUT2D eigenvalue weighted by Gasteiger charge is -2.20. The molecule has 0 spiro atoms. The average Bonchev–Trinajstić information content (AvgIpc) is 3.00. The summed E-state index contributed by atoms with van der Waals surface area (Å²) in [4.78, 5) is 62.5. The number of hydroxylamine groups is 2. The van der Waals surface area contributed by atoms with Crippen molar-refractivity contribution >= 4 is 17.9 Å². The molecule has 40 heavy (non-hydrogen) atoms. The SMILES string of the molecule is CN(C[C@H](O)c1ccc(OOC(=O)c2ccccc2)c(OOC(=O)c2ccccc2)c1)OC(=O)c1ccccc1. The second-order valence-electron chi connectivity index (χ2n) is 8.42. The number of hydrogen-bond donors (Lipinski definition) is 1. The van der Waals surface area contributed by atoms with Crippen LogP contribution in [-0.2, 0) is 14.6 Å². The van der Waals surface area contributed by atoms with Crippen LogP contribution in [-0.4, -0.2) is 41.7 Å². The van der Waals surface area contributed by atoms with Gasteiger partial charge >= 0.3 is 17.9 Å². The molecule has 4 aromatic carbocycles. The second kappa shape index (κ2) is 13.6. The maximum Gasteiger partial charge on any atom is 0.386 e. The first-order valence-electron chi connectivity index (χ1n) is 12.1. The highest BCUT2D eigenvalue weighted by atomic mass is 17.2. The quantitative estimate of drug-likeness (QED) is 0.210. The van der Waals surface area contributed by atoms with Crippen LogP contribution in [0.4, 0.5) is 0 Å². The number of nitrogens with zero attached hydrogens (tertiary/aromatic N) is 1. The molecule has 0 aliphatic rings. The lowest BCUT2D eigenvalue weighted by atomic mass is 10.1. The van der Waals surface area contributed by atoms with Gasteiger partial charge in [-0.3, -0.25) is 9.78 Å². The lowest BCUT2D eigenvalue weighted by Crippen LogP contribution is -2.28. The van der Waals surface area contributed by atoms with Crippen molar-refractivity contribution in [1.29, 1.82) is 0 Å². The zero-order chi connectivity index (χ0) is 28.3. The standard InChI is InChI=1S/C30H25NO9/c1-31(36-28(33)21-11-5-2-6-12-21)20-25(32)24-17-18-26(37-39-29(34)22-13-7-3-8-14-22)27(19-24)38-40-30(35)23-15-9-4-10-16-23/h2-19,25,32H,20H2,1H3/t25-/m0/s1. The van der Waals surface area contributed by atoms with Crippen LogP contribution in [0.15, 0.2) is 109 Å². The van der Waals surface area contributed by atoms with Crippen LogP contribution >= 0.6 is 0 Å². The van der Waals surface area contributed by atoms with Gasteiger partial charge in [-0.25, -0.2) is 24.2 Å². The molecule has 1 N–H and O–H groups in total. The van der Waals surface area contributed by atoms with E-state index in [1.54, 1.807) is 78.9 Å². The first-order valence-corrected chi connectivity index (χ1v) is 12.1. The Kier molecular flexibility index (Phi) is 9.44. The summed E-state index contributed by atoms with van der Waals surface area (Å²) in [5.41, 5.74) is 1.14. The van der Waals surface area contributed by atoms with E-state index in [1.165, 1.54) is 42.4 Å². The number of rotatable bonds is 11. The molecule has 0 amide bonds. The van der Waals surface area contributed by atoms with E-state index in [0.29, 0.717) is 11.1 Å². The van der Waals surface area contributed by atoms with Crippen LogP contribution < -0.4 is 9.78 Å². The summed E-state index contributed by atoms with van der Waals surface area (Å²) in [7, 11) is 1.49. The van der Waals surface area contributed by atoms with Crippen molar-refractivity contribution < 1.29 is 43.9 Å². The highest BCUT2D eigenvalue weighted by Gasteiger charge is 2.21. The van der Waals surface area contributed by atoms with Gasteiger partial charge in [0.25, 0.3) is 0 Å². The van der Waals surface area contributed by atoms with E-state index in [2.05, 4.69) is 0 Å². The van der Waals surface area contributed by atoms with Crippen LogP contribution in [0.2, 0.25) is 0 Å². The third-order valence-corrected chi connectivity index (χ3v) is 5.46. The van der Waals surface area contributed by atoms with E-state index in [1.807, 2.05) is 0 Å². The molecule has 0 fully saturated rings.